The molecule has 2 N–H and O–H groups in total. The molecule has 0 saturated heterocycles. The number of aryl methyl sites for hydroxylation is 1. The highest BCUT2D eigenvalue weighted by Crippen LogP contribution is 2.46. The van der Waals surface area contributed by atoms with Crippen molar-refractivity contribution >= 4 is 23.2 Å². The fourth-order valence-corrected chi connectivity index (χ4v) is 4.54. The van der Waals surface area contributed by atoms with Crippen LogP contribution in [0.2, 0.25) is 0 Å². The number of para-hydroxylation sites is 1. The Bertz CT molecular complexity index is 1270. The molecule has 3 aromatic rings. The first-order valence-electron chi connectivity index (χ1n) is 10.1. The number of nitrogens with one attached hydrogen (secondary N) is 2. The highest BCUT2D eigenvalue weighted by molar-refractivity contribution is 6.14. The molecule has 154 valence electrons. The molecule has 1 unspecified atom stereocenters. The fourth-order valence-electron chi connectivity index (χ4n) is 4.54. The maximum Gasteiger partial charge on any atom is 0.276 e. The monoisotopic (exact) mass is 413 g/mol. The van der Waals surface area contributed by atoms with Gasteiger partial charge in [0.2, 0.25) is 12.5 Å². The third-order valence-electron chi connectivity index (χ3n) is 6.04. The second-order valence-electron chi connectivity index (χ2n) is 7.96. The number of carbonyl (C=O) groups is 2. The molecule has 0 radical (unpaired) electrons. The number of hydrogen-bond donors (Lipinski definition) is 2. The van der Waals surface area contributed by atoms with Gasteiger partial charge in [0.25, 0.3) is 11.8 Å². The van der Waals surface area contributed by atoms with E-state index in [9.17, 15) is 9.59 Å². The Morgan fingerprint density at radius 3 is 2.71 bits per heavy atom. The first kappa shape index (κ1) is 17.8. The summed E-state index contributed by atoms with van der Waals surface area (Å²) in [6.07, 6.45) is 0. The van der Waals surface area contributed by atoms with Crippen molar-refractivity contribution in [3.8, 4) is 11.5 Å². The number of amides is 2. The SMILES string of the molecule is Cc1ccc2c(c1)C1(Nc3ccccc3C(=O)N1Cc1ccc3c(c1)OCO3)C(=O)N2. The summed E-state index contributed by atoms with van der Waals surface area (Å²) >= 11 is 0. The lowest BCUT2D eigenvalue weighted by Crippen LogP contribution is -2.60. The number of fused-ring (bicyclic) bond motifs is 4. The van der Waals surface area contributed by atoms with E-state index in [4.69, 9.17) is 9.47 Å². The molecule has 31 heavy (non-hydrogen) atoms. The molecule has 6 rings (SSSR count). The fraction of sp³-hybridized carbons (Fsp3) is 0.167. The van der Waals surface area contributed by atoms with Gasteiger partial charge in [0.15, 0.2) is 11.5 Å². The first-order valence-corrected chi connectivity index (χ1v) is 10.1. The van der Waals surface area contributed by atoms with Crippen LogP contribution in [0.15, 0.2) is 60.7 Å². The number of nitrogens with zero attached hydrogens (tertiary/aromatic N) is 1. The molecule has 0 fully saturated rings. The van der Waals surface area contributed by atoms with Crippen molar-refractivity contribution in [2.45, 2.75) is 19.1 Å². The molecular weight excluding hydrogens is 394 g/mol. The zero-order valence-electron chi connectivity index (χ0n) is 16.8. The van der Waals surface area contributed by atoms with Gasteiger partial charge in [-0.3, -0.25) is 14.5 Å². The smallest absolute Gasteiger partial charge is 0.276 e. The van der Waals surface area contributed by atoms with Gasteiger partial charge in [0, 0.05) is 23.5 Å². The molecule has 1 atom stereocenters. The van der Waals surface area contributed by atoms with Crippen LogP contribution in [-0.4, -0.2) is 23.5 Å². The number of anilines is 2. The van der Waals surface area contributed by atoms with Crippen LogP contribution >= 0.6 is 0 Å². The Hall–Kier alpha value is -4.00. The molecule has 0 saturated carbocycles. The number of carbonyl (C=O) groups excluding carboxylic acids is 2. The molecule has 1 spiro atoms. The maximum atomic E-state index is 13.7. The molecule has 3 aromatic carbocycles. The van der Waals surface area contributed by atoms with Gasteiger partial charge in [-0.2, -0.15) is 0 Å². The molecule has 0 aromatic heterocycles. The summed E-state index contributed by atoms with van der Waals surface area (Å²) in [6.45, 7) is 2.37. The number of rotatable bonds is 2. The van der Waals surface area contributed by atoms with E-state index in [0.717, 1.165) is 16.7 Å². The maximum absolute atomic E-state index is 13.7. The average molecular weight is 413 g/mol. The summed E-state index contributed by atoms with van der Waals surface area (Å²) in [5, 5.41) is 6.35. The minimum absolute atomic E-state index is 0.176. The minimum atomic E-state index is -1.34. The van der Waals surface area contributed by atoms with E-state index in [2.05, 4.69) is 10.6 Å². The van der Waals surface area contributed by atoms with E-state index >= 15 is 0 Å². The van der Waals surface area contributed by atoms with Gasteiger partial charge in [-0.05, 0) is 48.9 Å². The molecule has 3 heterocycles. The normalized spacial score (nSPS) is 20.4. The summed E-state index contributed by atoms with van der Waals surface area (Å²) in [5.41, 5.74) is 3.11. The van der Waals surface area contributed by atoms with E-state index < -0.39 is 5.66 Å². The Morgan fingerprint density at radius 2 is 1.81 bits per heavy atom. The van der Waals surface area contributed by atoms with Crippen LogP contribution in [-0.2, 0) is 17.0 Å². The standard InChI is InChI=1S/C24H19N3O4/c1-14-6-8-19-17(10-14)24(23(29)25-19)26-18-5-3-2-4-16(18)22(28)27(24)12-15-7-9-20-21(11-15)31-13-30-20/h2-11,26H,12-13H2,1H3,(H,25,29). The average Bonchev–Trinajstić information content (AvgIpc) is 3.34. The second-order valence-corrected chi connectivity index (χ2v) is 7.96. The Balaban J connectivity index is 1.53. The summed E-state index contributed by atoms with van der Waals surface area (Å²) in [4.78, 5) is 28.8. The molecule has 0 bridgehead atoms. The Morgan fingerprint density at radius 1 is 0.968 bits per heavy atom. The van der Waals surface area contributed by atoms with Crippen molar-refractivity contribution in [3.63, 3.8) is 0 Å². The predicted molar refractivity (Wildman–Crippen MR) is 114 cm³/mol. The van der Waals surface area contributed by atoms with Gasteiger partial charge in [0.1, 0.15) is 0 Å². The van der Waals surface area contributed by atoms with Gasteiger partial charge in [-0.15, -0.1) is 0 Å². The molecule has 7 nitrogen and oxygen atoms in total. The van der Waals surface area contributed by atoms with Crippen LogP contribution in [0.1, 0.15) is 27.0 Å². The Labute approximate surface area is 178 Å². The zero-order valence-corrected chi connectivity index (χ0v) is 16.8. The summed E-state index contributed by atoms with van der Waals surface area (Å²) in [5.74, 6) is 0.816. The van der Waals surface area contributed by atoms with Crippen LogP contribution in [0, 0.1) is 6.92 Å². The third-order valence-corrected chi connectivity index (χ3v) is 6.04. The number of hydrogen-bond acceptors (Lipinski definition) is 5. The van der Waals surface area contributed by atoms with Crippen molar-refractivity contribution < 1.29 is 19.1 Å². The minimum Gasteiger partial charge on any atom is -0.454 e. The van der Waals surface area contributed by atoms with E-state index in [1.807, 2.05) is 61.5 Å². The van der Waals surface area contributed by atoms with Gasteiger partial charge in [-0.25, -0.2) is 0 Å². The lowest BCUT2D eigenvalue weighted by Gasteiger charge is -2.44. The molecule has 7 heteroatoms. The van der Waals surface area contributed by atoms with Crippen LogP contribution in [0.5, 0.6) is 11.5 Å². The molecule has 3 aliphatic heterocycles. The molecule has 2 amide bonds. The van der Waals surface area contributed by atoms with Gasteiger partial charge < -0.3 is 20.1 Å². The zero-order chi connectivity index (χ0) is 21.2. The quantitative estimate of drug-likeness (QED) is 0.671. The van der Waals surface area contributed by atoms with E-state index in [1.54, 1.807) is 11.0 Å². The highest BCUT2D eigenvalue weighted by Gasteiger charge is 2.56. The Kier molecular flexibility index (Phi) is 3.59. The number of benzene rings is 3. The van der Waals surface area contributed by atoms with Crippen molar-refractivity contribution in [1.29, 1.82) is 0 Å². The van der Waals surface area contributed by atoms with Crippen molar-refractivity contribution in [2.24, 2.45) is 0 Å². The highest BCUT2D eigenvalue weighted by atomic mass is 16.7. The molecule has 3 aliphatic rings. The third kappa shape index (κ3) is 2.46. The van der Waals surface area contributed by atoms with Crippen molar-refractivity contribution in [2.75, 3.05) is 17.4 Å². The summed E-state index contributed by atoms with van der Waals surface area (Å²) in [7, 11) is 0. The summed E-state index contributed by atoms with van der Waals surface area (Å²) < 4.78 is 10.9. The predicted octanol–water partition coefficient (Wildman–Crippen LogP) is 3.60. The lowest BCUT2D eigenvalue weighted by atomic mass is 9.91. The van der Waals surface area contributed by atoms with Crippen LogP contribution in [0.4, 0.5) is 11.4 Å². The van der Waals surface area contributed by atoms with Gasteiger partial charge in [0.05, 0.1) is 5.56 Å². The van der Waals surface area contributed by atoms with E-state index in [1.165, 1.54) is 0 Å². The van der Waals surface area contributed by atoms with Crippen LogP contribution < -0.4 is 20.1 Å². The lowest BCUT2D eigenvalue weighted by molar-refractivity contribution is -0.125. The van der Waals surface area contributed by atoms with Crippen LogP contribution in [0.3, 0.4) is 0 Å². The van der Waals surface area contributed by atoms with Crippen molar-refractivity contribution in [3.05, 3.63) is 82.9 Å². The van der Waals surface area contributed by atoms with Crippen molar-refractivity contribution in [1.82, 2.24) is 4.90 Å². The van der Waals surface area contributed by atoms with Gasteiger partial charge >= 0.3 is 0 Å². The van der Waals surface area contributed by atoms with Crippen LogP contribution in [0.25, 0.3) is 0 Å². The largest absolute Gasteiger partial charge is 0.454 e. The van der Waals surface area contributed by atoms with E-state index in [-0.39, 0.29) is 25.2 Å². The van der Waals surface area contributed by atoms with Gasteiger partial charge in [-0.1, -0.05) is 29.8 Å². The second kappa shape index (κ2) is 6.25. The first-order chi connectivity index (χ1) is 15.1. The number of ether oxygens (including phenoxy) is 2. The molecule has 0 aliphatic carbocycles. The summed E-state index contributed by atoms with van der Waals surface area (Å²) in [6, 6.07) is 18.6. The van der Waals surface area contributed by atoms with E-state index in [0.29, 0.717) is 28.4 Å². The topological polar surface area (TPSA) is 79.9 Å². The molecular formula is C24H19N3O4.